The van der Waals surface area contributed by atoms with Crippen molar-refractivity contribution >= 4 is 22.3 Å². The van der Waals surface area contributed by atoms with Crippen LogP contribution in [0.3, 0.4) is 0 Å². The molecule has 1 aliphatic heterocycles. The van der Waals surface area contributed by atoms with Crippen molar-refractivity contribution in [3.05, 3.63) is 98.8 Å². The van der Waals surface area contributed by atoms with E-state index in [4.69, 9.17) is 9.26 Å². The topological polar surface area (TPSA) is 92.9 Å². The van der Waals surface area contributed by atoms with E-state index in [1.165, 1.54) is 12.0 Å². The number of aryl methyl sites for hydroxylation is 2. The number of phenols is 1. The molecule has 4 aliphatic rings. The predicted octanol–water partition coefficient (Wildman–Crippen LogP) is 6.65. The van der Waals surface area contributed by atoms with Gasteiger partial charge in [0.25, 0.3) is 5.88 Å². The molecule has 3 aliphatic carbocycles. The number of benzene rings is 3. The Labute approximate surface area is 250 Å². The Kier molecular flexibility index (Phi) is 5.92. The molecule has 218 valence electrons. The molecule has 1 N–H and O–H groups in total. The van der Waals surface area contributed by atoms with Gasteiger partial charge in [0.05, 0.1) is 5.41 Å². The fourth-order valence-corrected chi connectivity index (χ4v) is 7.72. The van der Waals surface area contributed by atoms with Gasteiger partial charge >= 0.3 is 0 Å². The molecule has 1 saturated heterocycles. The average Bonchev–Trinajstić information content (AvgIpc) is 3.65. The summed E-state index contributed by atoms with van der Waals surface area (Å²) in [4.78, 5) is 30.9. The lowest BCUT2D eigenvalue weighted by Gasteiger charge is -2.33. The quantitative estimate of drug-likeness (QED) is 0.247. The van der Waals surface area contributed by atoms with Gasteiger partial charge < -0.3 is 14.4 Å². The Morgan fingerprint density at radius 3 is 2.70 bits per heavy atom. The number of ketones is 2. The highest BCUT2D eigenvalue weighted by Crippen LogP contribution is 2.65. The van der Waals surface area contributed by atoms with Crippen LogP contribution in [0.15, 0.2) is 64.2 Å². The summed E-state index contributed by atoms with van der Waals surface area (Å²) in [6, 6.07) is 16.0. The van der Waals surface area contributed by atoms with E-state index in [-0.39, 0.29) is 35.7 Å². The maximum atomic E-state index is 14.3. The van der Waals surface area contributed by atoms with Crippen molar-refractivity contribution in [2.75, 3.05) is 13.1 Å². The van der Waals surface area contributed by atoms with Crippen LogP contribution in [0.25, 0.3) is 10.8 Å². The minimum absolute atomic E-state index is 0.00392. The monoisotopic (exact) mass is 574 g/mol. The summed E-state index contributed by atoms with van der Waals surface area (Å²) in [7, 11) is 0. The Morgan fingerprint density at radius 2 is 1.93 bits per heavy atom. The van der Waals surface area contributed by atoms with Crippen LogP contribution in [0.2, 0.25) is 0 Å². The third-order valence-electron chi connectivity index (χ3n) is 10.3. The fourth-order valence-electron chi connectivity index (χ4n) is 7.72. The SMILES string of the molecule is Cc1onc(OCc2ccccc2)c1C(=O)C12CCC3Cc4c(c(C)c5cc(CN6CCC6)ccc5c4O)C(=O)C3=C1C2. The molecule has 3 aromatic carbocycles. The normalized spacial score (nSPS) is 22.6. The van der Waals surface area contributed by atoms with Gasteiger partial charge in [-0.25, -0.2) is 0 Å². The molecule has 7 heteroatoms. The number of aromatic hydroxyl groups is 1. The zero-order valence-electron chi connectivity index (χ0n) is 24.5. The van der Waals surface area contributed by atoms with Crippen LogP contribution >= 0.6 is 0 Å². The van der Waals surface area contributed by atoms with Crippen LogP contribution < -0.4 is 4.74 Å². The van der Waals surface area contributed by atoms with E-state index >= 15 is 0 Å². The molecule has 2 fully saturated rings. The second-order valence-electron chi connectivity index (χ2n) is 12.8. The van der Waals surface area contributed by atoms with E-state index in [2.05, 4.69) is 22.2 Å². The zero-order valence-corrected chi connectivity index (χ0v) is 24.5. The number of phenolic OH excluding ortho intramolecular Hbond substituents is 1. The van der Waals surface area contributed by atoms with E-state index in [1.54, 1.807) is 6.92 Å². The molecule has 2 heterocycles. The third-order valence-corrected chi connectivity index (χ3v) is 10.3. The molecule has 4 aromatic rings. The number of nitrogens with zero attached hydrogens (tertiary/aromatic N) is 2. The Morgan fingerprint density at radius 1 is 1.12 bits per heavy atom. The number of rotatable bonds is 7. The van der Waals surface area contributed by atoms with E-state index in [0.717, 1.165) is 58.2 Å². The molecule has 8 rings (SSSR count). The molecule has 0 radical (unpaired) electrons. The number of hydrogen-bond donors (Lipinski definition) is 1. The molecular formula is C36H34N2O5. The summed E-state index contributed by atoms with van der Waals surface area (Å²) in [5.74, 6) is 0.781. The first-order valence-corrected chi connectivity index (χ1v) is 15.3. The van der Waals surface area contributed by atoms with Crippen molar-refractivity contribution in [3.8, 4) is 11.6 Å². The fraction of sp³-hybridized carbons (Fsp3) is 0.361. The minimum Gasteiger partial charge on any atom is -0.507 e. The molecule has 43 heavy (non-hydrogen) atoms. The second-order valence-corrected chi connectivity index (χ2v) is 12.8. The molecule has 0 spiro atoms. The van der Waals surface area contributed by atoms with E-state index < -0.39 is 5.41 Å². The number of fused-ring (bicyclic) bond motifs is 4. The summed E-state index contributed by atoms with van der Waals surface area (Å²) in [6.07, 6.45) is 3.79. The van der Waals surface area contributed by atoms with Gasteiger partial charge in [-0.2, -0.15) is 0 Å². The van der Waals surface area contributed by atoms with Crippen molar-refractivity contribution in [3.63, 3.8) is 0 Å². The third kappa shape index (κ3) is 4.01. The van der Waals surface area contributed by atoms with Crippen LogP contribution in [-0.4, -0.2) is 39.8 Å². The van der Waals surface area contributed by atoms with E-state index in [9.17, 15) is 14.7 Å². The maximum Gasteiger partial charge on any atom is 0.265 e. The van der Waals surface area contributed by atoms with Gasteiger partial charge in [0.15, 0.2) is 11.6 Å². The Hall–Kier alpha value is -4.23. The number of Topliss-reactive ketones (excluding diaryl/α,β-unsaturated/α-hetero) is 2. The molecule has 0 amide bonds. The molecule has 7 nitrogen and oxygen atoms in total. The molecule has 2 unspecified atom stereocenters. The van der Waals surface area contributed by atoms with Crippen molar-refractivity contribution in [1.82, 2.24) is 10.1 Å². The molecular weight excluding hydrogens is 540 g/mol. The Balaban J connectivity index is 1.14. The van der Waals surface area contributed by atoms with Crippen LogP contribution in [-0.2, 0) is 19.6 Å². The first-order chi connectivity index (χ1) is 20.9. The Bertz CT molecular complexity index is 1870. The summed E-state index contributed by atoms with van der Waals surface area (Å²) < 4.78 is 11.4. The lowest BCUT2D eigenvalue weighted by atomic mass is 9.69. The first-order valence-electron chi connectivity index (χ1n) is 15.3. The summed E-state index contributed by atoms with van der Waals surface area (Å²) in [5.41, 5.74) is 5.85. The lowest BCUT2D eigenvalue weighted by molar-refractivity contribution is 0.0884. The summed E-state index contributed by atoms with van der Waals surface area (Å²) in [5, 5.41) is 17.2. The van der Waals surface area contributed by atoms with Crippen LogP contribution in [0.5, 0.6) is 11.6 Å². The van der Waals surface area contributed by atoms with Crippen LogP contribution in [0, 0.1) is 25.2 Å². The average molecular weight is 575 g/mol. The highest BCUT2D eigenvalue weighted by molar-refractivity contribution is 6.18. The highest BCUT2D eigenvalue weighted by atomic mass is 16.5. The largest absolute Gasteiger partial charge is 0.507 e. The number of carbonyl (C=O) groups is 2. The zero-order chi connectivity index (χ0) is 29.5. The van der Waals surface area contributed by atoms with Gasteiger partial charge in [-0.05, 0) is 104 Å². The smallest absolute Gasteiger partial charge is 0.265 e. The minimum atomic E-state index is -0.711. The van der Waals surface area contributed by atoms with E-state index in [0.29, 0.717) is 42.6 Å². The second kappa shape index (κ2) is 9.64. The summed E-state index contributed by atoms with van der Waals surface area (Å²) >= 11 is 0. The number of ether oxygens (including phenoxy) is 1. The molecule has 1 aromatic heterocycles. The van der Waals surface area contributed by atoms with E-state index in [1.807, 2.05) is 43.3 Å². The van der Waals surface area contributed by atoms with Gasteiger partial charge in [-0.15, -0.1) is 0 Å². The number of likely N-dealkylation sites (tertiary alicyclic amines) is 1. The van der Waals surface area contributed by atoms with Crippen LogP contribution in [0.4, 0.5) is 0 Å². The van der Waals surface area contributed by atoms with Crippen molar-refractivity contribution in [1.29, 1.82) is 0 Å². The van der Waals surface area contributed by atoms with Crippen molar-refractivity contribution in [2.45, 2.75) is 59.1 Å². The van der Waals surface area contributed by atoms with Crippen molar-refractivity contribution < 1.29 is 24.0 Å². The highest BCUT2D eigenvalue weighted by Gasteiger charge is 2.61. The number of hydrogen-bond acceptors (Lipinski definition) is 7. The van der Waals surface area contributed by atoms with Gasteiger partial charge in [0.1, 0.15) is 23.7 Å². The number of aromatic nitrogens is 1. The predicted molar refractivity (Wildman–Crippen MR) is 161 cm³/mol. The number of carbonyl (C=O) groups excluding carboxylic acids is 2. The lowest BCUT2D eigenvalue weighted by Crippen LogP contribution is -2.36. The van der Waals surface area contributed by atoms with Crippen LogP contribution in [0.1, 0.15) is 74.4 Å². The molecule has 1 saturated carbocycles. The molecule has 2 atom stereocenters. The van der Waals surface area contributed by atoms with Gasteiger partial charge in [-0.1, -0.05) is 42.5 Å². The van der Waals surface area contributed by atoms with Gasteiger partial charge in [0, 0.05) is 28.6 Å². The standard InChI is InChI=1S/C36H34N2O5/c1-20-26-15-23(18-38-13-6-14-38)9-10-25(26)32(39)27-16-24-11-12-36(17-28(36)31(24)33(40)29(20)27)34(41)30-21(2)43-37-35(30)42-19-22-7-4-3-5-8-22/h3-5,7-10,15,24,39H,6,11-14,16-19H2,1-2H3. The van der Waals surface area contributed by atoms with Crippen molar-refractivity contribution in [2.24, 2.45) is 11.3 Å². The number of allylic oxidation sites excluding steroid dienone is 2. The summed E-state index contributed by atoms with van der Waals surface area (Å²) in [6.45, 7) is 7.12. The van der Waals surface area contributed by atoms with Gasteiger partial charge in [-0.3, -0.25) is 14.5 Å². The maximum absolute atomic E-state index is 14.3. The molecule has 0 bridgehead atoms. The van der Waals surface area contributed by atoms with Gasteiger partial charge in [0.2, 0.25) is 0 Å². The first kappa shape index (κ1) is 26.4.